The van der Waals surface area contributed by atoms with E-state index in [4.69, 9.17) is 16.2 Å². The molecule has 0 saturated carbocycles. The fourth-order valence-corrected chi connectivity index (χ4v) is 1.89. The third-order valence-electron chi connectivity index (χ3n) is 2.66. The summed E-state index contributed by atoms with van der Waals surface area (Å²) >= 11 is 0. The first kappa shape index (κ1) is 9.34. The minimum absolute atomic E-state index is 0.0660. The molecule has 1 aliphatic heterocycles. The van der Waals surface area contributed by atoms with Gasteiger partial charge in [-0.1, -0.05) is 19.9 Å². The molecule has 1 aromatic carbocycles. The Morgan fingerprint density at radius 1 is 1.43 bits per heavy atom. The van der Waals surface area contributed by atoms with Gasteiger partial charge in [-0.25, -0.2) is 0 Å². The van der Waals surface area contributed by atoms with Crippen LogP contribution in [0.15, 0.2) is 12.1 Å². The SMILES string of the molecule is CC(C)c1ccc(N)c2c1OC[C@@H]2N. The van der Waals surface area contributed by atoms with Crippen LogP contribution < -0.4 is 16.2 Å². The highest BCUT2D eigenvalue weighted by Crippen LogP contribution is 2.41. The van der Waals surface area contributed by atoms with Crippen molar-refractivity contribution in [1.82, 2.24) is 0 Å². The van der Waals surface area contributed by atoms with Gasteiger partial charge in [-0.05, 0) is 17.5 Å². The topological polar surface area (TPSA) is 61.3 Å². The molecule has 0 unspecified atom stereocenters. The zero-order chi connectivity index (χ0) is 10.3. The van der Waals surface area contributed by atoms with Gasteiger partial charge in [-0.3, -0.25) is 0 Å². The van der Waals surface area contributed by atoms with Crippen molar-refractivity contribution < 1.29 is 4.74 Å². The molecule has 76 valence electrons. The number of anilines is 1. The third kappa shape index (κ3) is 1.24. The average Bonchev–Trinajstić information content (AvgIpc) is 2.49. The van der Waals surface area contributed by atoms with Crippen LogP contribution >= 0.6 is 0 Å². The molecule has 1 heterocycles. The highest BCUT2D eigenvalue weighted by Gasteiger charge is 2.26. The maximum absolute atomic E-state index is 5.91. The van der Waals surface area contributed by atoms with Gasteiger partial charge in [0.15, 0.2) is 0 Å². The Bertz CT molecular complexity index is 361. The molecular weight excluding hydrogens is 176 g/mol. The number of nitrogens with two attached hydrogens (primary N) is 2. The van der Waals surface area contributed by atoms with E-state index in [0.29, 0.717) is 12.5 Å². The number of ether oxygens (including phenoxy) is 1. The lowest BCUT2D eigenvalue weighted by atomic mass is 9.96. The maximum atomic E-state index is 5.91. The number of fused-ring (bicyclic) bond motifs is 1. The molecule has 0 spiro atoms. The second-order valence-corrected chi connectivity index (χ2v) is 4.06. The van der Waals surface area contributed by atoms with Crippen LogP contribution in [0.3, 0.4) is 0 Å². The third-order valence-corrected chi connectivity index (χ3v) is 2.66. The van der Waals surface area contributed by atoms with Crippen molar-refractivity contribution in [3.05, 3.63) is 23.3 Å². The normalized spacial score (nSPS) is 19.6. The molecule has 4 N–H and O–H groups in total. The van der Waals surface area contributed by atoms with Crippen LogP contribution in [0.2, 0.25) is 0 Å². The van der Waals surface area contributed by atoms with Crippen molar-refractivity contribution in [2.45, 2.75) is 25.8 Å². The predicted molar refractivity (Wildman–Crippen MR) is 57.4 cm³/mol. The van der Waals surface area contributed by atoms with Crippen molar-refractivity contribution in [1.29, 1.82) is 0 Å². The van der Waals surface area contributed by atoms with Crippen molar-refractivity contribution >= 4 is 5.69 Å². The van der Waals surface area contributed by atoms with Gasteiger partial charge < -0.3 is 16.2 Å². The Kier molecular flexibility index (Phi) is 2.11. The van der Waals surface area contributed by atoms with Crippen molar-refractivity contribution in [3.8, 4) is 5.75 Å². The zero-order valence-corrected chi connectivity index (χ0v) is 8.58. The van der Waals surface area contributed by atoms with Crippen LogP contribution in [-0.4, -0.2) is 6.61 Å². The van der Waals surface area contributed by atoms with E-state index in [0.717, 1.165) is 17.0 Å². The summed E-state index contributed by atoms with van der Waals surface area (Å²) in [6.45, 7) is 4.82. The molecular formula is C11H16N2O. The van der Waals surface area contributed by atoms with E-state index < -0.39 is 0 Å². The maximum Gasteiger partial charge on any atom is 0.129 e. The Labute approximate surface area is 84.0 Å². The van der Waals surface area contributed by atoms with Crippen molar-refractivity contribution in [3.63, 3.8) is 0 Å². The predicted octanol–water partition coefficient (Wildman–Crippen LogP) is 1.78. The van der Waals surface area contributed by atoms with Crippen LogP contribution in [-0.2, 0) is 0 Å². The fourth-order valence-electron chi connectivity index (χ4n) is 1.89. The summed E-state index contributed by atoms with van der Waals surface area (Å²) < 4.78 is 5.58. The molecule has 0 amide bonds. The van der Waals surface area contributed by atoms with E-state index in [1.165, 1.54) is 5.56 Å². The van der Waals surface area contributed by atoms with E-state index in [2.05, 4.69) is 13.8 Å². The second kappa shape index (κ2) is 3.17. The molecule has 1 aromatic rings. The van der Waals surface area contributed by atoms with Crippen LogP contribution in [0.4, 0.5) is 5.69 Å². The molecule has 0 radical (unpaired) electrons. The summed E-state index contributed by atoms with van der Waals surface area (Å²) in [5, 5.41) is 0. The monoisotopic (exact) mass is 192 g/mol. The van der Waals surface area contributed by atoms with Gasteiger partial charge in [-0.15, -0.1) is 0 Å². The Hall–Kier alpha value is -1.22. The molecule has 0 saturated heterocycles. The molecule has 2 rings (SSSR count). The number of benzene rings is 1. The quantitative estimate of drug-likeness (QED) is 0.667. The summed E-state index contributed by atoms with van der Waals surface area (Å²) in [7, 11) is 0. The van der Waals surface area contributed by atoms with Crippen LogP contribution in [0.5, 0.6) is 5.75 Å². The molecule has 0 fully saturated rings. The lowest BCUT2D eigenvalue weighted by Crippen LogP contribution is -2.12. The van der Waals surface area contributed by atoms with Crippen LogP contribution in [0.1, 0.15) is 36.9 Å². The van der Waals surface area contributed by atoms with Gasteiger partial charge in [-0.2, -0.15) is 0 Å². The number of hydrogen-bond donors (Lipinski definition) is 2. The van der Waals surface area contributed by atoms with Gasteiger partial charge in [0.25, 0.3) is 0 Å². The van der Waals surface area contributed by atoms with Crippen LogP contribution in [0.25, 0.3) is 0 Å². The molecule has 1 aliphatic rings. The first-order valence-electron chi connectivity index (χ1n) is 4.92. The Balaban J connectivity index is 2.59. The molecule has 0 bridgehead atoms. The van der Waals surface area contributed by atoms with E-state index in [9.17, 15) is 0 Å². The smallest absolute Gasteiger partial charge is 0.129 e. The first-order valence-corrected chi connectivity index (χ1v) is 4.92. The largest absolute Gasteiger partial charge is 0.491 e. The summed E-state index contributed by atoms with van der Waals surface area (Å²) in [6, 6.07) is 3.88. The first-order chi connectivity index (χ1) is 6.61. The lowest BCUT2D eigenvalue weighted by molar-refractivity contribution is 0.329. The fraction of sp³-hybridized carbons (Fsp3) is 0.455. The molecule has 14 heavy (non-hydrogen) atoms. The summed E-state index contributed by atoms with van der Waals surface area (Å²) in [6.07, 6.45) is 0. The van der Waals surface area contributed by atoms with Crippen molar-refractivity contribution in [2.75, 3.05) is 12.3 Å². The highest BCUT2D eigenvalue weighted by molar-refractivity contribution is 5.61. The van der Waals surface area contributed by atoms with Gasteiger partial charge in [0.1, 0.15) is 12.4 Å². The number of nitrogen functional groups attached to an aromatic ring is 1. The van der Waals surface area contributed by atoms with Gasteiger partial charge in [0, 0.05) is 11.3 Å². The molecule has 3 nitrogen and oxygen atoms in total. The summed E-state index contributed by atoms with van der Waals surface area (Å²) in [5.41, 5.74) is 14.7. The average molecular weight is 192 g/mol. The van der Waals surface area contributed by atoms with Crippen LogP contribution in [0, 0.1) is 0 Å². The highest BCUT2D eigenvalue weighted by atomic mass is 16.5. The van der Waals surface area contributed by atoms with Gasteiger partial charge in [0.2, 0.25) is 0 Å². The second-order valence-electron chi connectivity index (χ2n) is 4.06. The molecule has 0 aromatic heterocycles. The van der Waals surface area contributed by atoms with E-state index in [1.54, 1.807) is 0 Å². The van der Waals surface area contributed by atoms with Gasteiger partial charge in [0.05, 0.1) is 6.04 Å². The standard InChI is InChI=1S/C11H16N2O/c1-6(2)7-3-4-8(12)10-9(13)5-14-11(7)10/h3-4,6,9H,5,12-13H2,1-2H3/t9-/m0/s1. The number of hydrogen-bond acceptors (Lipinski definition) is 3. The molecule has 3 heteroatoms. The molecule has 0 aliphatic carbocycles. The van der Waals surface area contributed by atoms with E-state index >= 15 is 0 Å². The zero-order valence-electron chi connectivity index (χ0n) is 8.58. The van der Waals surface area contributed by atoms with E-state index in [-0.39, 0.29) is 6.04 Å². The Morgan fingerprint density at radius 2 is 2.14 bits per heavy atom. The molecule has 1 atom stereocenters. The lowest BCUT2D eigenvalue weighted by Gasteiger charge is -2.12. The Morgan fingerprint density at radius 3 is 2.79 bits per heavy atom. The van der Waals surface area contributed by atoms with Gasteiger partial charge >= 0.3 is 0 Å². The summed E-state index contributed by atoms with van der Waals surface area (Å²) in [4.78, 5) is 0. The minimum Gasteiger partial charge on any atom is -0.491 e. The van der Waals surface area contributed by atoms with Crippen molar-refractivity contribution in [2.24, 2.45) is 5.73 Å². The minimum atomic E-state index is -0.0660. The van der Waals surface area contributed by atoms with E-state index in [1.807, 2.05) is 12.1 Å². The number of rotatable bonds is 1. The summed E-state index contributed by atoms with van der Waals surface area (Å²) in [5.74, 6) is 1.35.